The van der Waals surface area contributed by atoms with E-state index in [1.54, 1.807) is 13.8 Å². The van der Waals surface area contributed by atoms with E-state index < -0.39 is 17.6 Å². The molecule has 0 atom stereocenters. The van der Waals surface area contributed by atoms with Gasteiger partial charge in [-0.1, -0.05) is 12.1 Å². The summed E-state index contributed by atoms with van der Waals surface area (Å²) in [5, 5.41) is 8.57. The van der Waals surface area contributed by atoms with E-state index in [2.05, 4.69) is 0 Å². The van der Waals surface area contributed by atoms with Crippen LogP contribution in [-0.4, -0.2) is 23.4 Å². The molecular formula is C14H15F3N2O. The molecule has 0 radical (unpaired) electrons. The first-order valence-corrected chi connectivity index (χ1v) is 6.13. The predicted molar refractivity (Wildman–Crippen MR) is 67.8 cm³/mol. The maximum Gasteiger partial charge on any atom is 0.417 e. The topological polar surface area (TPSA) is 44.1 Å². The molecule has 108 valence electrons. The molecule has 6 heteroatoms. The number of nitriles is 1. The molecule has 1 aromatic rings. The van der Waals surface area contributed by atoms with Gasteiger partial charge in [-0.25, -0.2) is 0 Å². The number of nitrogens with zero attached hydrogens (tertiary/aromatic N) is 2. The van der Waals surface area contributed by atoms with Gasteiger partial charge in [0.25, 0.3) is 5.91 Å². The Labute approximate surface area is 115 Å². The number of hydrogen-bond donors (Lipinski definition) is 0. The Morgan fingerprint density at radius 1 is 1.35 bits per heavy atom. The van der Waals surface area contributed by atoms with E-state index in [1.165, 1.54) is 17.0 Å². The fraction of sp³-hybridized carbons (Fsp3) is 0.429. The number of benzene rings is 1. The van der Waals surface area contributed by atoms with Crippen molar-refractivity contribution in [3.63, 3.8) is 0 Å². The molecule has 0 aliphatic rings. The zero-order chi connectivity index (χ0) is 15.3. The van der Waals surface area contributed by atoms with Crippen molar-refractivity contribution in [2.45, 2.75) is 32.5 Å². The Morgan fingerprint density at radius 2 is 1.95 bits per heavy atom. The Kier molecular flexibility index (Phi) is 5.14. The van der Waals surface area contributed by atoms with E-state index in [-0.39, 0.29) is 24.6 Å². The van der Waals surface area contributed by atoms with Crippen LogP contribution in [0.5, 0.6) is 0 Å². The molecule has 3 nitrogen and oxygen atoms in total. The summed E-state index contributed by atoms with van der Waals surface area (Å²) in [6.07, 6.45) is -4.50. The van der Waals surface area contributed by atoms with Crippen molar-refractivity contribution in [3.05, 3.63) is 35.4 Å². The van der Waals surface area contributed by atoms with Crippen LogP contribution in [0.3, 0.4) is 0 Å². The van der Waals surface area contributed by atoms with Crippen molar-refractivity contribution in [2.24, 2.45) is 0 Å². The summed E-state index contributed by atoms with van der Waals surface area (Å²) in [6.45, 7) is 3.51. The summed E-state index contributed by atoms with van der Waals surface area (Å²) in [4.78, 5) is 13.5. The van der Waals surface area contributed by atoms with Crippen molar-refractivity contribution in [1.29, 1.82) is 5.26 Å². The summed E-state index contributed by atoms with van der Waals surface area (Å²) >= 11 is 0. The molecule has 0 aliphatic carbocycles. The first-order chi connectivity index (χ1) is 9.29. The Bertz CT molecular complexity index is 518. The fourth-order valence-electron chi connectivity index (χ4n) is 1.84. The average Bonchev–Trinajstić information content (AvgIpc) is 2.37. The van der Waals surface area contributed by atoms with Gasteiger partial charge in [-0.3, -0.25) is 4.79 Å². The summed E-state index contributed by atoms with van der Waals surface area (Å²) in [5.41, 5.74) is -1.33. The number of halogens is 3. The molecule has 0 N–H and O–H groups in total. The van der Waals surface area contributed by atoms with Gasteiger partial charge in [0.1, 0.15) is 0 Å². The third-order valence-electron chi connectivity index (χ3n) is 2.81. The lowest BCUT2D eigenvalue weighted by atomic mass is 10.0. The van der Waals surface area contributed by atoms with E-state index in [0.717, 1.165) is 12.1 Å². The van der Waals surface area contributed by atoms with Gasteiger partial charge >= 0.3 is 6.18 Å². The van der Waals surface area contributed by atoms with Crippen molar-refractivity contribution < 1.29 is 18.0 Å². The normalized spacial score (nSPS) is 11.2. The van der Waals surface area contributed by atoms with Gasteiger partial charge in [0.05, 0.1) is 23.6 Å². The largest absolute Gasteiger partial charge is 0.417 e. The van der Waals surface area contributed by atoms with Crippen LogP contribution in [0.4, 0.5) is 13.2 Å². The molecule has 20 heavy (non-hydrogen) atoms. The number of carbonyl (C=O) groups is 1. The van der Waals surface area contributed by atoms with Crippen LogP contribution in [0.25, 0.3) is 0 Å². The standard InChI is InChI=1S/C14H15F3N2O/c1-10(2)19(9-5-8-18)13(20)11-6-3-4-7-12(11)14(15,16)17/h3-4,6-7,10H,5,9H2,1-2H3. The molecule has 0 aromatic heterocycles. The van der Waals surface area contributed by atoms with Gasteiger partial charge in [-0.2, -0.15) is 18.4 Å². The highest BCUT2D eigenvalue weighted by atomic mass is 19.4. The highest BCUT2D eigenvalue weighted by molar-refractivity contribution is 5.96. The number of alkyl halides is 3. The number of hydrogen-bond acceptors (Lipinski definition) is 2. The molecule has 1 rings (SSSR count). The summed E-state index contributed by atoms with van der Waals surface area (Å²) in [5.74, 6) is -0.705. The first kappa shape index (κ1) is 16.0. The molecule has 0 aliphatic heterocycles. The lowest BCUT2D eigenvalue weighted by Crippen LogP contribution is -2.38. The second-order valence-electron chi connectivity index (χ2n) is 4.54. The van der Waals surface area contributed by atoms with E-state index in [4.69, 9.17) is 5.26 Å². The van der Waals surface area contributed by atoms with E-state index in [9.17, 15) is 18.0 Å². The van der Waals surface area contributed by atoms with E-state index in [1.807, 2.05) is 6.07 Å². The fourth-order valence-corrected chi connectivity index (χ4v) is 1.84. The van der Waals surface area contributed by atoms with Gasteiger partial charge < -0.3 is 4.90 Å². The molecule has 0 fully saturated rings. The molecule has 0 spiro atoms. The maximum absolute atomic E-state index is 12.9. The second kappa shape index (κ2) is 6.42. The lowest BCUT2D eigenvalue weighted by Gasteiger charge is -2.27. The van der Waals surface area contributed by atoms with Crippen molar-refractivity contribution in [3.8, 4) is 6.07 Å². The molecule has 0 heterocycles. The maximum atomic E-state index is 12.9. The van der Waals surface area contributed by atoms with Crippen LogP contribution in [0.2, 0.25) is 0 Å². The van der Waals surface area contributed by atoms with Gasteiger partial charge in [-0.05, 0) is 26.0 Å². The molecule has 1 amide bonds. The molecule has 0 unspecified atom stereocenters. The van der Waals surface area contributed by atoms with Gasteiger partial charge in [0, 0.05) is 12.6 Å². The van der Waals surface area contributed by atoms with Crippen molar-refractivity contribution in [1.82, 2.24) is 4.90 Å². The minimum atomic E-state index is -4.58. The van der Waals surface area contributed by atoms with E-state index in [0.29, 0.717) is 0 Å². The van der Waals surface area contributed by atoms with Crippen LogP contribution in [0.15, 0.2) is 24.3 Å². The summed E-state index contributed by atoms with van der Waals surface area (Å²) < 4.78 is 38.7. The average molecular weight is 284 g/mol. The molecular weight excluding hydrogens is 269 g/mol. The Balaban J connectivity index is 3.16. The Hall–Kier alpha value is -2.03. The predicted octanol–water partition coefficient (Wildman–Crippen LogP) is 3.47. The third-order valence-corrected chi connectivity index (χ3v) is 2.81. The van der Waals surface area contributed by atoms with Crippen molar-refractivity contribution in [2.75, 3.05) is 6.54 Å². The number of amides is 1. The minimum absolute atomic E-state index is 0.0815. The van der Waals surface area contributed by atoms with Crippen LogP contribution in [-0.2, 0) is 6.18 Å². The third kappa shape index (κ3) is 3.73. The Morgan fingerprint density at radius 3 is 2.45 bits per heavy atom. The van der Waals surface area contributed by atoms with Gasteiger partial charge in [-0.15, -0.1) is 0 Å². The summed E-state index contributed by atoms with van der Waals surface area (Å²) in [6, 6.07) is 6.29. The molecule has 0 saturated heterocycles. The van der Waals surface area contributed by atoms with Crippen LogP contribution in [0.1, 0.15) is 36.2 Å². The van der Waals surface area contributed by atoms with Crippen LogP contribution < -0.4 is 0 Å². The zero-order valence-electron chi connectivity index (χ0n) is 11.2. The summed E-state index contributed by atoms with van der Waals surface area (Å²) in [7, 11) is 0. The van der Waals surface area contributed by atoms with Crippen LogP contribution >= 0.6 is 0 Å². The monoisotopic (exact) mass is 284 g/mol. The molecule has 1 aromatic carbocycles. The molecule has 0 bridgehead atoms. The second-order valence-corrected chi connectivity index (χ2v) is 4.54. The SMILES string of the molecule is CC(C)N(CCC#N)C(=O)c1ccccc1C(F)(F)F. The van der Waals surface area contributed by atoms with Crippen LogP contribution in [0, 0.1) is 11.3 Å². The minimum Gasteiger partial charge on any atom is -0.335 e. The smallest absolute Gasteiger partial charge is 0.335 e. The lowest BCUT2D eigenvalue weighted by molar-refractivity contribution is -0.138. The van der Waals surface area contributed by atoms with Gasteiger partial charge in [0.15, 0.2) is 0 Å². The van der Waals surface area contributed by atoms with Gasteiger partial charge in [0.2, 0.25) is 0 Å². The first-order valence-electron chi connectivity index (χ1n) is 6.13. The van der Waals surface area contributed by atoms with E-state index >= 15 is 0 Å². The highest BCUT2D eigenvalue weighted by Gasteiger charge is 2.36. The van der Waals surface area contributed by atoms with Crippen molar-refractivity contribution >= 4 is 5.91 Å². The quantitative estimate of drug-likeness (QED) is 0.849. The zero-order valence-corrected chi connectivity index (χ0v) is 11.2. The number of carbonyl (C=O) groups excluding carboxylic acids is 1. The number of rotatable bonds is 4. The molecule has 0 saturated carbocycles. The highest BCUT2D eigenvalue weighted by Crippen LogP contribution is 2.32.